The summed E-state index contributed by atoms with van der Waals surface area (Å²) in [5.74, 6) is 0.330. The molecule has 2 saturated heterocycles. The number of ether oxygens (including phenoxy) is 1. The van der Waals surface area contributed by atoms with Crippen LogP contribution < -0.4 is 5.32 Å². The molecule has 3 heterocycles. The molecule has 8 heteroatoms. The molecule has 2 fully saturated rings. The highest BCUT2D eigenvalue weighted by Crippen LogP contribution is 2.33. The van der Waals surface area contributed by atoms with Gasteiger partial charge < -0.3 is 14.2 Å². The van der Waals surface area contributed by atoms with Crippen molar-refractivity contribution in [1.29, 1.82) is 0 Å². The summed E-state index contributed by atoms with van der Waals surface area (Å²) in [4.78, 5) is 35.6. The summed E-state index contributed by atoms with van der Waals surface area (Å²) >= 11 is 0. The van der Waals surface area contributed by atoms with Gasteiger partial charge in [-0.25, -0.2) is 9.78 Å². The normalized spacial score (nSPS) is 18.8. The third-order valence-electron chi connectivity index (χ3n) is 7.57. The number of carbonyl (C=O) groups excluding carboxylic acids is 2. The highest BCUT2D eigenvalue weighted by Gasteiger charge is 2.30. The molecule has 8 nitrogen and oxygen atoms in total. The number of anilines is 1. The van der Waals surface area contributed by atoms with Crippen LogP contribution in [0.5, 0.6) is 0 Å². The van der Waals surface area contributed by atoms with Crippen molar-refractivity contribution in [3.8, 4) is 0 Å². The Morgan fingerprint density at radius 3 is 2.46 bits per heavy atom. The van der Waals surface area contributed by atoms with Crippen molar-refractivity contribution in [2.24, 2.45) is 0 Å². The first-order valence-corrected chi connectivity index (χ1v) is 14.3. The lowest BCUT2D eigenvalue weighted by Gasteiger charge is -2.29. The summed E-state index contributed by atoms with van der Waals surface area (Å²) in [6.07, 6.45) is 4.98. The molecular formula is C31H41N5O3. The maximum atomic E-state index is 13.2. The van der Waals surface area contributed by atoms with E-state index in [-0.39, 0.29) is 18.0 Å². The molecule has 0 spiro atoms. The summed E-state index contributed by atoms with van der Waals surface area (Å²) in [6.45, 7) is 12.1. The van der Waals surface area contributed by atoms with Crippen LogP contribution >= 0.6 is 0 Å². The molecule has 0 bridgehead atoms. The van der Waals surface area contributed by atoms with Gasteiger partial charge in [0.15, 0.2) is 0 Å². The van der Waals surface area contributed by atoms with Crippen LogP contribution in [0.3, 0.4) is 0 Å². The average Bonchev–Trinajstić information content (AvgIpc) is 3.44. The molecule has 1 unspecified atom stereocenters. The van der Waals surface area contributed by atoms with Crippen LogP contribution in [-0.2, 0) is 11.3 Å². The van der Waals surface area contributed by atoms with Crippen LogP contribution in [0.2, 0.25) is 0 Å². The third-order valence-corrected chi connectivity index (χ3v) is 7.57. The van der Waals surface area contributed by atoms with Crippen LogP contribution in [0, 0.1) is 6.92 Å². The lowest BCUT2D eigenvalue weighted by Crippen LogP contribution is -2.39. The first-order valence-electron chi connectivity index (χ1n) is 14.3. The number of nitrogens with zero attached hydrogens (tertiary/aromatic N) is 4. The quantitative estimate of drug-likeness (QED) is 0.427. The molecule has 1 N–H and O–H groups in total. The minimum Gasteiger partial charge on any atom is -0.444 e. The molecule has 1 aromatic heterocycles. The summed E-state index contributed by atoms with van der Waals surface area (Å²) in [5.41, 5.74) is 4.28. The van der Waals surface area contributed by atoms with E-state index in [1.165, 1.54) is 18.4 Å². The van der Waals surface area contributed by atoms with E-state index >= 15 is 0 Å². The van der Waals surface area contributed by atoms with Gasteiger partial charge >= 0.3 is 6.09 Å². The number of fused-ring (bicyclic) bond motifs is 1. The molecule has 2 aromatic carbocycles. The van der Waals surface area contributed by atoms with Crippen LogP contribution in [0.15, 0.2) is 42.5 Å². The Morgan fingerprint density at radius 1 is 1.03 bits per heavy atom. The minimum atomic E-state index is -0.558. The SMILES string of the molecule is Cc1cc(CN2CCCC2)cc2nc(NC(=O)c3ccccc3)n(C3CCCCN(C(=O)OC(C)(C)C)C3)c12. The van der Waals surface area contributed by atoms with E-state index in [0.717, 1.165) is 55.5 Å². The number of hydrogen-bond donors (Lipinski definition) is 1. The van der Waals surface area contributed by atoms with Gasteiger partial charge in [0.05, 0.1) is 17.1 Å². The Hall–Kier alpha value is -3.39. The van der Waals surface area contributed by atoms with Gasteiger partial charge in [0.2, 0.25) is 5.95 Å². The summed E-state index contributed by atoms with van der Waals surface area (Å²) in [5, 5.41) is 3.10. The summed E-state index contributed by atoms with van der Waals surface area (Å²) < 4.78 is 7.89. The predicted molar refractivity (Wildman–Crippen MR) is 154 cm³/mol. The number of amides is 2. The molecule has 0 aliphatic carbocycles. The molecule has 3 aromatic rings. The number of imidazole rings is 1. The predicted octanol–water partition coefficient (Wildman–Crippen LogP) is 6.15. The molecule has 1 atom stereocenters. The van der Waals surface area contributed by atoms with Crippen molar-refractivity contribution >= 4 is 29.0 Å². The number of benzene rings is 2. The van der Waals surface area contributed by atoms with Crippen molar-refractivity contribution in [2.45, 2.75) is 78.0 Å². The van der Waals surface area contributed by atoms with Crippen molar-refractivity contribution in [3.63, 3.8) is 0 Å². The fourth-order valence-electron chi connectivity index (χ4n) is 5.83. The van der Waals surface area contributed by atoms with Crippen molar-refractivity contribution in [2.75, 3.05) is 31.5 Å². The summed E-state index contributed by atoms with van der Waals surface area (Å²) in [7, 11) is 0. The van der Waals surface area contributed by atoms with Gasteiger partial charge in [0, 0.05) is 25.2 Å². The molecule has 2 amide bonds. The van der Waals surface area contributed by atoms with Crippen molar-refractivity contribution < 1.29 is 14.3 Å². The number of likely N-dealkylation sites (tertiary alicyclic amines) is 2. The van der Waals surface area contributed by atoms with Gasteiger partial charge in [-0.3, -0.25) is 15.0 Å². The van der Waals surface area contributed by atoms with Crippen LogP contribution in [0.4, 0.5) is 10.7 Å². The minimum absolute atomic E-state index is 0.0424. The van der Waals surface area contributed by atoms with E-state index in [2.05, 4.69) is 33.8 Å². The van der Waals surface area contributed by atoms with E-state index in [1.54, 1.807) is 12.1 Å². The van der Waals surface area contributed by atoms with Crippen molar-refractivity contribution in [1.82, 2.24) is 19.4 Å². The number of carbonyl (C=O) groups is 2. The maximum Gasteiger partial charge on any atom is 0.410 e. The van der Waals surface area contributed by atoms with E-state index in [0.29, 0.717) is 24.6 Å². The standard InChI is InChI=1S/C31H41N5O3/c1-22-18-23(20-34-15-10-11-16-34)19-26-27(22)36(29(32-26)33-28(37)24-12-6-5-7-13-24)25-14-8-9-17-35(21-25)30(38)39-31(2,3)4/h5-7,12-13,18-19,25H,8-11,14-17,20-21H2,1-4H3,(H,32,33,37). The third kappa shape index (κ3) is 6.44. The molecule has 0 radical (unpaired) electrons. The van der Waals surface area contributed by atoms with E-state index in [1.807, 2.05) is 43.9 Å². The number of nitrogens with one attached hydrogen (secondary N) is 1. The maximum absolute atomic E-state index is 13.2. The molecule has 0 saturated carbocycles. The van der Waals surface area contributed by atoms with Gasteiger partial charge in [0.1, 0.15) is 5.60 Å². The molecule has 2 aliphatic rings. The van der Waals surface area contributed by atoms with Gasteiger partial charge in [-0.2, -0.15) is 0 Å². The second-order valence-electron chi connectivity index (χ2n) is 12.0. The van der Waals surface area contributed by atoms with E-state index in [4.69, 9.17) is 9.72 Å². The van der Waals surface area contributed by atoms with Gasteiger partial charge in [0.25, 0.3) is 5.91 Å². The Bertz CT molecular complexity index is 1320. The monoisotopic (exact) mass is 531 g/mol. The Balaban J connectivity index is 1.53. The van der Waals surface area contributed by atoms with E-state index in [9.17, 15) is 9.59 Å². The average molecular weight is 532 g/mol. The van der Waals surface area contributed by atoms with Crippen LogP contribution in [0.1, 0.15) is 80.4 Å². The number of aryl methyl sites for hydroxylation is 1. The summed E-state index contributed by atoms with van der Waals surface area (Å²) in [6, 6.07) is 13.6. The fraction of sp³-hybridized carbons (Fsp3) is 0.516. The Kier molecular flexibility index (Phi) is 7.93. The topological polar surface area (TPSA) is 79.7 Å². The van der Waals surface area contributed by atoms with Crippen molar-refractivity contribution in [3.05, 3.63) is 59.2 Å². The highest BCUT2D eigenvalue weighted by atomic mass is 16.6. The smallest absolute Gasteiger partial charge is 0.410 e. The Labute approximate surface area is 231 Å². The van der Waals surface area contributed by atoms with Crippen LogP contribution in [-0.4, -0.2) is 63.1 Å². The number of rotatable bonds is 5. The zero-order chi connectivity index (χ0) is 27.6. The Morgan fingerprint density at radius 2 is 1.74 bits per heavy atom. The molecule has 5 rings (SSSR count). The first kappa shape index (κ1) is 27.2. The lowest BCUT2D eigenvalue weighted by atomic mass is 10.1. The first-order chi connectivity index (χ1) is 18.7. The number of aromatic nitrogens is 2. The van der Waals surface area contributed by atoms with Gasteiger partial charge in [-0.05, 0) is 102 Å². The molecule has 208 valence electrons. The zero-order valence-electron chi connectivity index (χ0n) is 23.7. The second-order valence-corrected chi connectivity index (χ2v) is 12.0. The highest BCUT2D eigenvalue weighted by molar-refractivity contribution is 6.04. The van der Waals surface area contributed by atoms with Gasteiger partial charge in [-0.15, -0.1) is 0 Å². The molecule has 39 heavy (non-hydrogen) atoms. The molecular weight excluding hydrogens is 490 g/mol. The largest absolute Gasteiger partial charge is 0.444 e. The fourth-order valence-corrected chi connectivity index (χ4v) is 5.83. The van der Waals surface area contributed by atoms with E-state index < -0.39 is 5.60 Å². The second kappa shape index (κ2) is 11.4. The zero-order valence-corrected chi connectivity index (χ0v) is 23.7. The van der Waals surface area contributed by atoms with Gasteiger partial charge in [-0.1, -0.05) is 24.3 Å². The van der Waals surface area contributed by atoms with Crippen LogP contribution in [0.25, 0.3) is 11.0 Å². The number of hydrogen-bond acceptors (Lipinski definition) is 5. The lowest BCUT2D eigenvalue weighted by molar-refractivity contribution is 0.0238. The molecule has 2 aliphatic heterocycles.